The molecule has 1 aromatic carbocycles. The summed E-state index contributed by atoms with van der Waals surface area (Å²) in [5.74, 6) is 1.66. The van der Waals surface area contributed by atoms with E-state index >= 15 is 0 Å². The first-order valence-electron chi connectivity index (χ1n) is 12.2. The molecule has 8 nitrogen and oxygen atoms in total. The fraction of sp³-hybridized carbons (Fsp3) is 0.560. The highest BCUT2D eigenvalue weighted by molar-refractivity contribution is 7.89. The highest BCUT2D eigenvalue weighted by Crippen LogP contribution is 2.21. The summed E-state index contributed by atoms with van der Waals surface area (Å²) in [6.45, 7) is 4.13. The Labute approximate surface area is 203 Å². The van der Waals surface area contributed by atoms with Gasteiger partial charge < -0.3 is 20.5 Å². The number of rotatable bonds is 13. The third-order valence-corrected chi connectivity index (χ3v) is 7.48. The van der Waals surface area contributed by atoms with Crippen LogP contribution in [0.4, 0.5) is 0 Å². The first-order valence-corrected chi connectivity index (χ1v) is 13.8. The van der Waals surface area contributed by atoms with Crippen LogP contribution in [0.1, 0.15) is 51.0 Å². The first kappa shape index (κ1) is 26.2. The minimum absolute atomic E-state index is 0.00409. The summed E-state index contributed by atoms with van der Waals surface area (Å²) in [6.07, 6.45) is 9.28. The number of amidine groups is 1. The van der Waals surface area contributed by atoms with Crippen LogP contribution >= 0.6 is 0 Å². The molecular formula is C25H38N4O4S. The molecule has 1 atom stereocenters. The van der Waals surface area contributed by atoms with Gasteiger partial charge in [-0.05, 0) is 69.0 Å². The summed E-state index contributed by atoms with van der Waals surface area (Å²) < 4.78 is 40.1. The van der Waals surface area contributed by atoms with Crippen LogP contribution in [0.5, 0.6) is 5.75 Å². The molecule has 1 aliphatic heterocycles. The van der Waals surface area contributed by atoms with Gasteiger partial charge in [0.2, 0.25) is 10.0 Å². The zero-order valence-electron chi connectivity index (χ0n) is 20.0. The molecule has 188 valence electrons. The summed E-state index contributed by atoms with van der Waals surface area (Å²) in [6, 6.07) is 7.47. The Morgan fingerprint density at radius 1 is 1.26 bits per heavy atom. The summed E-state index contributed by atoms with van der Waals surface area (Å²) in [5, 5.41) is 11.0. The van der Waals surface area contributed by atoms with Gasteiger partial charge in [0.15, 0.2) is 0 Å². The Bertz CT molecular complexity index is 967. The van der Waals surface area contributed by atoms with E-state index in [9.17, 15) is 8.42 Å². The van der Waals surface area contributed by atoms with Gasteiger partial charge >= 0.3 is 0 Å². The van der Waals surface area contributed by atoms with Crippen molar-refractivity contribution in [2.45, 2.75) is 64.0 Å². The lowest BCUT2D eigenvalue weighted by molar-refractivity contribution is 0.162. The van der Waals surface area contributed by atoms with E-state index in [0.29, 0.717) is 24.8 Å². The van der Waals surface area contributed by atoms with Crippen molar-refractivity contribution >= 4 is 15.9 Å². The van der Waals surface area contributed by atoms with Crippen molar-refractivity contribution in [1.82, 2.24) is 10.0 Å². The number of ether oxygens (including phenoxy) is 2. The maximum atomic E-state index is 12.6. The predicted molar refractivity (Wildman–Crippen MR) is 136 cm³/mol. The monoisotopic (exact) mass is 490 g/mol. The first-order chi connectivity index (χ1) is 16.3. The predicted octanol–water partition coefficient (Wildman–Crippen LogP) is 3.00. The molecule has 34 heavy (non-hydrogen) atoms. The van der Waals surface area contributed by atoms with Crippen molar-refractivity contribution in [2.24, 2.45) is 5.73 Å². The summed E-state index contributed by atoms with van der Waals surface area (Å²) in [5.41, 5.74) is 7.25. The third-order valence-electron chi connectivity index (χ3n) is 5.96. The zero-order chi connectivity index (χ0) is 24.4. The lowest BCUT2D eigenvalue weighted by atomic mass is 10.0. The topological polar surface area (TPSA) is 127 Å². The number of hydrogen-bond acceptors (Lipinski definition) is 6. The number of piperidine rings is 1. The van der Waals surface area contributed by atoms with Gasteiger partial charge in [-0.15, -0.1) is 0 Å². The number of allylic oxidation sites excluding steroid dienone is 2. The lowest BCUT2D eigenvalue weighted by Gasteiger charge is -2.24. The molecule has 1 saturated heterocycles. The Balaban J connectivity index is 1.64. The maximum Gasteiger partial charge on any atom is 0.211 e. The minimum atomic E-state index is -3.41. The average Bonchev–Trinajstić information content (AvgIpc) is 2.83. The summed E-state index contributed by atoms with van der Waals surface area (Å²) >= 11 is 0. The van der Waals surface area contributed by atoms with Gasteiger partial charge in [0.1, 0.15) is 24.3 Å². The van der Waals surface area contributed by atoms with Crippen LogP contribution in [0, 0.1) is 5.41 Å². The maximum absolute atomic E-state index is 12.6. The highest BCUT2D eigenvalue weighted by atomic mass is 32.2. The van der Waals surface area contributed by atoms with Crippen LogP contribution in [0.2, 0.25) is 0 Å². The van der Waals surface area contributed by atoms with Crippen LogP contribution < -0.4 is 20.5 Å². The number of nitrogens with one attached hydrogen (secondary N) is 3. The van der Waals surface area contributed by atoms with Crippen LogP contribution in [-0.2, 0) is 21.2 Å². The van der Waals surface area contributed by atoms with Crippen molar-refractivity contribution in [3.8, 4) is 5.75 Å². The Kier molecular flexibility index (Phi) is 9.98. The van der Waals surface area contributed by atoms with E-state index in [-0.39, 0.29) is 24.3 Å². The van der Waals surface area contributed by atoms with Crippen LogP contribution in [0.3, 0.4) is 0 Å². The summed E-state index contributed by atoms with van der Waals surface area (Å²) in [4.78, 5) is 0. The second-order valence-electron chi connectivity index (χ2n) is 8.94. The molecule has 0 saturated carbocycles. The van der Waals surface area contributed by atoms with Crippen LogP contribution in [0.15, 0.2) is 47.7 Å². The normalized spacial score (nSPS) is 18.0. The molecule has 0 amide bonds. The van der Waals surface area contributed by atoms with Crippen molar-refractivity contribution in [2.75, 3.05) is 25.4 Å². The van der Waals surface area contributed by atoms with Gasteiger partial charge in [-0.1, -0.05) is 31.6 Å². The number of hydrogen-bond donors (Lipinski definition) is 4. The fourth-order valence-electron chi connectivity index (χ4n) is 4.06. The molecule has 0 radical (unpaired) electrons. The number of sulfonamides is 1. The van der Waals surface area contributed by atoms with E-state index in [1.165, 1.54) is 0 Å². The molecule has 1 heterocycles. The van der Waals surface area contributed by atoms with E-state index in [4.69, 9.17) is 20.6 Å². The Morgan fingerprint density at radius 2 is 2.00 bits per heavy atom. The van der Waals surface area contributed by atoms with Crippen LogP contribution in [-0.4, -0.2) is 51.8 Å². The molecule has 9 heteroatoms. The zero-order valence-corrected chi connectivity index (χ0v) is 20.8. The van der Waals surface area contributed by atoms with E-state index in [1.54, 1.807) is 6.08 Å². The molecule has 0 spiro atoms. The summed E-state index contributed by atoms with van der Waals surface area (Å²) in [7, 11) is -3.41. The molecule has 0 aromatic heterocycles. The Morgan fingerprint density at radius 3 is 2.68 bits per heavy atom. The molecule has 0 unspecified atom stereocenters. The van der Waals surface area contributed by atoms with E-state index < -0.39 is 16.1 Å². The molecule has 2 aliphatic rings. The van der Waals surface area contributed by atoms with Gasteiger partial charge in [-0.3, -0.25) is 5.41 Å². The van der Waals surface area contributed by atoms with Gasteiger partial charge in [-0.2, -0.15) is 0 Å². The fourth-order valence-corrected chi connectivity index (χ4v) is 5.51. The van der Waals surface area contributed by atoms with Gasteiger partial charge in [-0.25, -0.2) is 13.1 Å². The van der Waals surface area contributed by atoms with Crippen molar-refractivity contribution in [3.05, 3.63) is 53.3 Å². The molecule has 1 aliphatic carbocycles. The van der Waals surface area contributed by atoms with Crippen molar-refractivity contribution < 1.29 is 17.9 Å². The quantitative estimate of drug-likeness (QED) is 0.249. The molecule has 3 rings (SSSR count). The standard InChI is InChI=1S/C25H38N4O4S/c1-2-3-15-34(30,31)29-21(18-32-24-6-4-5-20(17-24)25(26)27)16-19-7-9-22(10-8-19)33-23-11-13-28-14-12-23/h5,7-10,17,21,23,28-29H,2-4,6,11-16,18H2,1H3,(H3,26,27)/t21-/m0/s1. The minimum Gasteiger partial charge on any atom is -0.496 e. The van der Waals surface area contributed by atoms with Gasteiger partial charge in [0, 0.05) is 12.0 Å². The van der Waals surface area contributed by atoms with Crippen molar-refractivity contribution in [3.63, 3.8) is 0 Å². The van der Waals surface area contributed by atoms with Gasteiger partial charge in [0.05, 0.1) is 17.6 Å². The van der Waals surface area contributed by atoms with Gasteiger partial charge in [0.25, 0.3) is 0 Å². The third kappa shape index (κ3) is 8.77. The second-order valence-corrected chi connectivity index (χ2v) is 10.8. The number of benzene rings is 1. The number of unbranched alkanes of at least 4 members (excludes halogenated alkanes) is 1. The molecular weight excluding hydrogens is 452 g/mol. The van der Waals surface area contributed by atoms with E-state index in [1.807, 2.05) is 37.3 Å². The smallest absolute Gasteiger partial charge is 0.211 e. The average molecular weight is 491 g/mol. The highest BCUT2D eigenvalue weighted by Gasteiger charge is 2.20. The molecule has 1 aromatic rings. The lowest BCUT2D eigenvalue weighted by Crippen LogP contribution is -2.41. The van der Waals surface area contributed by atoms with E-state index in [2.05, 4.69) is 10.0 Å². The van der Waals surface area contributed by atoms with E-state index in [0.717, 1.165) is 55.8 Å². The Hall–Kier alpha value is -2.36. The second kappa shape index (κ2) is 12.9. The number of nitrogens with two attached hydrogens (primary N) is 1. The largest absolute Gasteiger partial charge is 0.496 e. The van der Waals surface area contributed by atoms with Crippen LogP contribution in [0.25, 0.3) is 0 Å². The molecule has 1 fully saturated rings. The molecule has 0 bridgehead atoms. The van der Waals surface area contributed by atoms with Crippen molar-refractivity contribution in [1.29, 1.82) is 5.41 Å². The molecule has 5 N–H and O–H groups in total. The SMILES string of the molecule is CCCCS(=O)(=O)N[C@H](COC1=CC(C(=N)N)=CCC1)Cc1ccc(OC2CCNCC2)cc1.